The molecule has 0 saturated heterocycles. The first-order valence-corrected chi connectivity index (χ1v) is 12.7. The molecule has 0 saturated carbocycles. The van der Waals surface area contributed by atoms with Gasteiger partial charge in [-0.2, -0.15) is 13.2 Å². The second kappa shape index (κ2) is 12.9. The van der Waals surface area contributed by atoms with Gasteiger partial charge in [-0.1, -0.05) is 23.7 Å². The molecule has 214 valence electrons. The van der Waals surface area contributed by atoms with Gasteiger partial charge in [0, 0.05) is 23.2 Å². The fourth-order valence-corrected chi connectivity index (χ4v) is 3.94. The summed E-state index contributed by atoms with van der Waals surface area (Å²) >= 11 is 5.84. The van der Waals surface area contributed by atoms with E-state index in [1.807, 2.05) is 20.8 Å². The average molecular weight is 580 g/mol. The van der Waals surface area contributed by atoms with E-state index in [1.165, 1.54) is 35.3 Å². The number of alkyl halides is 3. The van der Waals surface area contributed by atoms with E-state index in [2.05, 4.69) is 15.4 Å². The number of nitrogens with zero attached hydrogens (tertiary/aromatic N) is 5. The first-order valence-electron chi connectivity index (χ1n) is 12.3. The van der Waals surface area contributed by atoms with Gasteiger partial charge in [0.15, 0.2) is 11.9 Å². The van der Waals surface area contributed by atoms with Crippen molar-refractivity contribution >= 4 is 29.4 Å². The third-order valence-corrected chi connectivity index (χ3v) is 6.16. The summed E-state index contributed by atoms with van der Waals surface area (Å²) in [6, 6.07) is 11.3. The van der Waals surface area contributed by atoms with Gasteiger partial charge in [0.1, 0.15) is 12.2 Å². The number of urea groups is 1. The van der Waals surface area contributed by atoms with Gasteiger partial charge in [-0.3, -0.25) is 15.1 Å². The Hall–Kier alpha value is -3.97. The van der Waals surface area contributed by atoms with E-state index < -0.39 is 30.7 Å². The number of carbonyl (C=O) groups is 2. The summed E-state index contributed by atoms with van der Waals surface area (Å²) < 4.78 is 40.6. The number of nitrogens with one attached hydrogen (secondary N) is 2. The molecule has 0 aliphatic carbocycles. The number of hydrogen-bond acceptors (Lipinski definition) is 6. The SMILES string of the molecule is CCN(C(=O)c1ccccc1-n1cnc(CNC(=O)N(C[C@H](O)C(F)(F)F)C(=N)c2ccc(Cl)cc2)n1)C(C)C. The Balaban J connectivity index is 1.79. The highest BCUT2D eigenvalue weighted by Crippen LogP contribution is 2.22. The number of carbonyl (C=O) groups excluding carboxylic acids is 2. The summed E-state index contributed by atoms with van der Waals surface area (Å²) in [5, 5.41) is 24.9. The molecule has 0 bridgehead atoms. The van der Waals surface area contributed by atoms with Crippen LogP contribution in [-0.4, -0.2) is 78.9 Å². The summed E-state index contributed by atoms with van der Waals surface area (Å²) in [4.78, 5) is 32.3. The van der Waals surface area contributed by atoms with E-state index >= 15 is 0 Å². The van der Waals surface area contributed by atoms with Gasteiger partial charge in [0.25, 0.3) is 5.91 Å². The van der Waals surface area contributed by atoms with E-state index in [1.54, 1.807) is 29.2 Å². The molecule has 1 heterocycles. The maximum Gasteiger partial charge on any atom is 0.416 e. The lowest BCUT2D eigenvalue weighted by molar-refractivity contribution is -0.204. The smallest absolute Gasteiger partial charge is 0.382 e. The predicted molar refractivity (Wildman–Crippen MR) is 142 cm³/mol. The number of aromatic nitrogens is 3. The number of amidine groups is 1. The van der Waals surface area contributed by atoms with Crippen LogP contribution in [0, 0.1) is 5.41 Å². The Morgan fingerprint density at radius 2 is 1.80 bits per heavy atom. The van der Waals surface area contributed by atoms with Crippen molar-refractivity contribution in [2.45, 2.75) is 45.6 Å². The van der Waals surface area contributed by atoms with Crippen LogP contribution in [0.2, 0.25) is 5.02 Å². The summed E-state index contributed by atoms with van der Waals surface area (Å²) in [5.41, 5.74) is 0.957. The van der Waals surface area contributed by atoms with Gasteiger partial charge < -0.3 is 15.3 Å². The largest absolute Gasteiger partial charge is 0.416 e. The molecule has 14 heteroatoms. The van der Waals surface area contributed by atoms with E-state index in [-0.39, 0.29) is 29.9 Å². The molecule has 3 amide bonds. The maximum absolute atomic E-state index is 13.1. The van der Waals surface area contributed by atoms with Crippen molar-refractivity contribution in [3.8, 4) is 5.69 Å². The minimum Gasteiger partial charge on any atom is -0.382 e. The number of halogens is 4. The van der Waals surface area contributed by atoms with Crippen molar-refractivity contribution in [3.05, 3.63) is 76.8 Å². The van der Waals surface area contributed by atoms with Crippen molar-refractivity contribution in [1.29, 1.82) is 5.41 Å². The Kier molecular flexibility index (Phi) is 9.88. The Bertz CT molecular complexity index is 1350. The van der Waals surface area contributed by atoms with Gasteiger partial charge in [-0.05, 0) is 57.2 Å². The number of amides is 3. The first kappa shape index (κ1) is 30.6. The van der Waals surface area contributed by atoms with Crippen molar-refractivity contribution in [2.24, 2.45) is 0 Å². The topological polar surface area (TPSA) is 127 Å². The lowest BCUT2D eigenvalue weighted by atomic mass is 10.1. The molecule has 0 aliphatic heterocycles. The summed E-state index contributed by atoms with van der Waals surface area (Å²) in [5.74, 6) is -0.673. The average Bonchev–Trinajstić information content (AvgIpc) is 3.39. The molecule has 10 nitrogen and oxygen atoms in total. The summed E-state index contributed by atoms with van der Waals surface area (Å²) in [6.45, 7) is 4.68. The lowest BCUT2D eigenvalue weighted by Gasteiger charge is -2.27. The molecule has 0 unspecified atom stereocenters. The van der Waals surface area contributed by atoms with Crippen LogP contribution >= 0.6 is 11.6 Å². The molecular formula is C26H29ClF3N7O3. The Morgan fingerprint density at radius 3 is 2.40 bits per heavy atom. The van der Waals surface area contributed by atoms with Crippen LogP contribution in [0.25, 0.3) is 5.69 Å². The normalized spacial score (nSPS) is 12.2. The van der Waals surface area contributed by atoms with Crippen LogP contribution in [-0.2, 0) is 6.54 Å². The highest BCUT2D eigenvalue weighted by molar-refractivity contribution is 6.30. The molecule has 0 radical (unpaired) electrons. The zero-order valence-corrected chi connectivity index (χ0v) is 22.7. The third-order valence-electron chi connectivity index (χ3n) is 5.91. The second-order valence-electron chi connectivity index (χ2n) is 8.99. The Labute approximate surface area is 233 Å². The van der Waals surface area contributed by atoms with Gasteiger partial charge >= 0.3 is 12.2 Å². The molecule has 2 aromatic carbocycles. The standard InChI is InChI=1S/C26H29ClF3N7O3/c1-4-35(16(2)3)24(39)19-7-5-6-8-20(19)37-15-33-22(34-37)13-32-25(40)36(14-21(38)26(28,29)30)23(31)17-9-11-18(27)12-10-17/h5-12,15-16,21,31,38H,4,13-14H2,1-3H3,(H,32,40)/t21-/m0/s1. The van der Waals surface area contributed by atoms with E-state index in [4.69, 9.17) is 17.0 Å². The number of para-hydroxylation sites is 1. The summed E-state index contributed by atoms with van der Waals surface area (Å²) in [7, 11) is 0. The van der Waals surface area contributed by atoms with Gasteiger partial charge in [0.2, 0.25) is 0 Å². The van der Waals surface area contributed by atoms with Crippen LogP contribution in [0.15, 0.2) is 54.9 Å². The molecular weight excluding hydrogens is 551 g/mol. The molecule has 3 rings (SSSR count). The number of rotatable bonds is 9. The second-order valence-corrected chi connectivity index (χ2v) is 9.43. The van der Waals surface area contributed by atoms with Crippen LogP contribution in [0.5, 0.6) is 0 Å². The highest BCUT2D eigenvalue weighted by Gasteiger charge is 2.41. The van der Waals surface area contributed by atoms with Crippen LogP contribution in [0.3, 0.4) is 0 Å². The molecule has 40 heavy (non-hydrogen) atoms. The first-order chi connectivity index (χ1) is 18.8. The molecule has 0 fully saturated rings. The van der Waals surface area contributed by atoms with Crippen LogP contribution in [0.1, 0.15) is 42.5 Å². The van der Waals surface area contributed by atoms with Crippen molar-refractivity contribution in [2.75, 3.05) is 13.1 Å². The number of hydrogen-bond donors (Lipinski definition) is 3. The molecule has 3 aromatic rings. The quantitative estimate of drug-likeness (QED) is 0.258. The number of aliphatic hydroxyl groups excluding tert-OH is 1. The van der Waals surface area contributed by atoms with Crippen molar-refractivity contribution in [1.82, 2.24) is 29.9 Å². The van der Waals surface area contributed by atoms with Gasteiger partial charge in [0.05, 0.1) is 24.3 Å². The monoisotopic (exact) mass is 579 g/mol. The molecule has 1 aromatic heterocycles. The minimum atomic E-state index is -5.01. The molecule has 0 spiro atoms. The van der Waals surface area contributed by atoms with E-state index in [0.717, 1.165) is 0 Å². The Morgan fingerprint density at radius 1 is 1.15 bits per heavy atom. The zero-order valence-electron chi connectivity index (χ0n) is 22.0. The third kappa shape index (κ3) is 7.36. The zero-order chi connectivity index (χ0) is 29.6. The lowest BCUT2D eigenvalue weighted by Crippen LogP contribution is -2.50. The number of benzene rings is 2. The van der Waals surface area contributed by atoms with E-state index in [0.29, 0.717) is 27.7 Å². The predicted octanol–water partition coefficient (Wildman–Crippen LogP) is 4.25. The molecule has 1 atom stereocenters. The summed E-state index contributed by atoms with van der Waals surface area (Å²) in [6.07, 6.45) is -6.54. The fraction of sp³-hybridized carbons (Fsp3) is 0.346. The maximum atomic E-state index is 13.1. The molecule has 3 N–H and O–H groups in total. The fourth-order valence-electron chi connectivity index (χ4n) is 3.81. The van der Waals surface area contributed by atoms with Crippen molar-refractivity contribution in [3.63, 3.8) is 0 Å². The van der Waals surface area contributed by atoms with E-state index in [9.17, 15) is 27.9 Å². The van der Waals surface area contributed by atoms with Crippen molar-refractivity contribution < 1.29 is 27.9 Å². The highest BCUT2D eigenvalue weighted by atomic mass is 35.5. The van der Waals surface area contributed by atoms with Crippen LogP contribution < -0.4 is 5.32 Å². The van der Waals surface area contributed by atoms with Gasteiger partial charge in [-0.15, -0.1) is 5.10 Å². The minimum absolute atomic E-state index is 0.0301. The molecule has 0 aliphatic rings. The van der Waals surface area contributed by atoms with Crippen LogP contribution in [0.4, 0.5) is 18.0 Å². The number of aliphatic hydroxyl groups is 1. The van der Waals surface area contributed by atoms with Gasteiger partial charge in [-0.25, -0.2) is 14.5 Å².